The zero-order valence-electron chi connectivity index (χ0n) is 15.2. The first-order valence-electron chi connectivity index (χ1n) is 8.93. The van der Waals surface area contributed by atoms with E-state index in [2.05, 4.69) is 0 Å². The molecule has 0 aromatic heterocycles. The van der Waals surface area contributed by atoms with Crippen LogP contribution in [0.2, 0.25) is 0 Å². The second-order valence-corrected chi connectivity index (χ2v) is 6.60. The first-order valence-corrected chi connectivity index (χ1v) is 8.93. The molecule has 3 aromatic carbocycles. The van der Waals surface area contributed by atoms with Gasteiger partial charge in [-0.2, -0.15) is 13.2 Å². The van der Waals surface area contributed by atoms with Crippen molar-refractivity contribution in [1.29, 1.82) is 0 Å². The largest absolute Gasteiger partial charge is 0.454 e. The minimum atomic E-state index is -4.89. The van der Waals surface area contributed by atoms with Gasteiger partial charge in [0.25, 0.3) is 5.78 Å². The summed E-state index contributed by atoms with van der Waals surface area (Å²) in [6, 6.07) is 25.4. The zero-order chi connectivity index (χ0) is 20.0. The summed E-state index contributed by atoms with van der Waals surface area (Å²) in [4.78, 5) is 13.9. The van der Waals surface area contributed by atoms with Crippen molar-refractivity contribution in [1.82, 2.24) is 4.90 Å². The van der Waals surface area contributed by atoms with Crippen molar-refractivity contribution >= 4 is 5.78 Å². The van der Waals surface area contributed by atoms with Gasteiger partial charge in [0, 0.05) is 25.2 Å². The third kappa shape index (κ3) is 5.30. The molecule has 0 saturated carbocycles. The molecule has 3 rings (SSSR count). The zero-order valence-corrected chi connectivity index (χ0v) is 15.2. The molecule has 144 valence electrons. The van der Waals surface area contributed by atoms with E-state index < -0.39 is 12.0 Å². The maximum absolute atomic E-state index is 13.0. The normalized spacial score (nSPS) is 11.6. The van der Waals surface area contributed by atoms with E-state index in [1.807, 2.05) is 65.6 Å². The Morgan fingerprint density at radius 3 is 1.64 bits per heavy atom. The number of hydrogen-bond donors (Lipinski definition) is 0. The summed E-state index contributed by atoms with van der Waals surface area (Å²) in [7, 11) is 0. The summed E-state index contributed by atoms with van der Waals surface area (Å²) < 4.78 is 38.9. The fourth-order valence-corrected chi connectivity index (χ4v) is 3.12. The van der Waals surface area contributed by atoms with Gasteiger partial charge in [0.05, 0.1) is 0 Å². The molecule has 0 aliphatic rings. The van der Waals surface area contributed by atoms with E-state index in [1.54, 1.807) is 12.1 Å². The first kappa shape index (κ1) is 19.8. The van der Waals surface area contributed by atoms with E-state index >= 15 is 0 Å². The predicted molar refractivity (Wildman–Crippen MR) is 103 cm³/mol. The van der Waals surface area contributed by atoms with Crippen LogP contribution in [0.15, 0.2) is 84.9 Å². The quantitative estimate of drug-likeness (QED) is 0.493. The van der Waals surface area contributed by atoms with Gasteiger partial charge in [-0.3, -0.25) is 9.69 Å². The topological polar surface area (TPSA) is 20.3 Å². The molecular weight excluding hydrogens is 363 g/mol. The van der Waals surface area contributed by atoms with E-state index in [9.17, 15) is 18.0 Å². The molecule has 0 saturated heterocycles. The summed E-state index contributed by atoms with van der Waals surface area (Å²) in [5, 5.41) is 0. The summed E-state index contributed by atoms with van der Waals surface area (Å²) in [5.41, 5.74) is 2.19. The number of halogens is 3. The summed E-state index contributed by atoms with van der Waals surface area (Å²) >= 11 is 0. The predicted octanol–water partition coefficient (Wildman–Crippen LogP) is 5.63. The number of rotatable bonds is 7. The van der Waals surface area contributed by atoms with Crippen molar-refractivity contribution in [3.63, 3.8) is 0 Å². The van der Waals surface area contributed by atoms with Crippen LogP contribution in [0.4, 0.5) is 13.2 Å². The number of carbonyl (C=O) groups excluding carboxylic acids is 1. The Morgan fingerprint density at radius 2 is 1.14 bits per heavy atom. The standard InChI is InChI=1S/C23H20F3NO/c24-23(25,26)22(28)21-14-8-7-13-20(21)17-27(15-18-9-3-1-4-10-18)16-19-11-5-2-6-12-19/h1-14H,15-17H2. The average Bonchev–Trinajstić information content (AvgIpc) is 2.69. The van der Waals surface area contributed by atoms with Gasteiger partial charge < -0.3 is 0 Å². The van der Waals surface area contributed by atoms with Gasteiger partial charge in [-0.15, -0.1) is 0 Å². The van der Waals surface area contributed by atoms with Crippen LogP contribution >= 0.6 is 0 Å². The van der Waals surface area contributed by atoms with Gasteiger partial charge in [-0.25, -0.2) is 0 Å². The lowest BCUT2D eigenvalue weighted by atomic mass is 10.0. The van der Waals surface area contributed by atoms with Crippen LogP contribution in [-0.4, -0.2) is 16.9 Å². The van der Waals surface area contributed by atoms with Gasteiger partial charge in [-0.1, -0.05) is 84.9 Å². The van der Waals surface area contributed by atoms with Crippen molar-refractivity contribution in [3.05, 3.63) is 107 Å². The molecule has 0 radical (unpaired) electrons. The molecule has 2 nitrogen and oxygen atoms in total. The Bertz CT molecular complexity index is 866. The van der Waals surface area contributed by atoms with Crippen LogP contribution in [0.3, 0.4) is 0 Å². The molecule has 0 aliphatic heterocycles. The van der Waals surface area contributed by atoms with E-state index in [-0.39, 0.29) is 12.1 Å². The molecule has 28 heavy (non-hydrogen) atoms. The van der Waals surface area contributed by atoms with Crippen molar-refractivity contribution in [3.8, 4) is 0 Å². The van der Waals surface area contributed by atoms with Crippen LogP contribution in [0.5, 0.6) is 0 Å². The van der Waals surface area contributed by atoms with Crippen LogP contribution in [-0.2, 0) is 19.6 Å². The highest BCUT2D eigenvalue weighted by molar-refractivity contribution is 6.01. The lowest BCUT2D eigenvalue weighted by Crippen LogP contribution is -2.27. The molecule has 0 atom stereocenters. The molecule has 5 heteroatoms. The molecule has 0 amide bonds. The number of benzene rings is 3. The second-order valence-electron chi connectivity index (χ2n) is 6.60. The SMILES string of the molecule is O=C(c1ccccc1CN(Cc1ccccc1)Cc1ccccc1)C(F)(F)F. The van der Waals surface area contributed by atoms with Crippen molar-refractivity contribution in [2.24, 2.45) is 0 Å². The number of hydrogen-bond acceptors (Lipinski definition) is 2. The Labute approximate surface area is 162 Å². The Kier molecular flexibility index (Phi) is 6.26. The van der Waals surface area contributed by atoms with E-state index in [4.69, 9.17) is 0 Å². The van der Waals surface area contributed by atoms with E-state index in [0.717, 1.165) is 11.1 Å². The van der Waals surface area contributed by atoms with Gasteiger partial charge in [0.15, 0.2) is 0 Å². The molecule has 0 fully saturated rings. The van der Waals surface area contributed by atoms with Crippen molar-refractivity contribution < 1.29 is 18.0 Å². The lowest BCUT2D eigenvalue weighted by molar-refractivity contribution is -0.0886. The Hall–Kier alpha value is -2.92. The fourth-order valence-electron chi connectivity index (χ4n) is 3.12. The van der Waals surface area contributed by atoms with Gasteiger partial charge in [-0.05, 0) is 16.7 Å². The van der Waals surface area contributed by atoms with Crippen LogP contribution in [0.1, 0.15) is 27.0 Å². The highest BCUT2D eigenvalue weighted by Gasteiger charge is 2.40. The van der Waals surface area contributed by atoms with Gasteiger partial charge >= 0.3 is 6.18 Å². The van der Waals surface area contributed by atoms with E-state index in [0.29, 0.717) is 18.7 Å². The fraction of sp³-hybridized carbons (Fsp3) is 0.174. The highest BCUT2D eigenvalue weighted by Crippen LogP contribution is 2.25. The molecule has 0 aliphatic carbocycles. The van der Waals surface area contributed by atoms with Crippen LogP contribution in [0, 0.1) is 0 Å². The lowest BCUT2D eigenvalue weighted by Gasteiger charge is -2.24. The molecule has 0 N–H and O–H groups in total. The maximum atomic E-state index is 13.0. The summed E-state index contributed by atoms with van der Waals surface area (Å²) in [6.45, 7) is 1.36. The average molecular weight is 383 g/mol. The smallest absolute Gasteiger partial charge is 0.291 e. The van der Waals surface area contributed by atoms with Gasteiger partial charge in [0.1, 0.15) is 0 Å². The molecular formula is C23H20F3NO. The maximum Gasteiger partial charge on any atom is 0.454 e. The van der Waals surface area contributed by atoms with Crippen LogP contribution < -0.4 is 0 Å². The molecule has 0 spiro atoms. The minimum Gasteiger partial charge on any atom is -0.291 e. The third-order valence-corrected chi connectivity index (χ3v) is 4.41. The molecule has 3 aromatic rings. The van der Waals surface area contributed by atoms with E-state index in [1.165, 1.54) is 12.1 Å². The number of carbonyl (C=O) groups is 1. The summed E-state index contributed by atoms with van der Waals surface area (Å²) in [6.07, 6.45) is -4.89. The second kappa shape index (κ2) is 8.85. The molecule has 0 bridgehead atoms. The highest BCUT2D eigenvalue weighted by atomic mass is 19.4. The first-order chi connectivity index (χ1) is 13.4. The molecule has 0 heterocycles. The Morgan fingerprint density at radius 1 is 0.679 bits per heavy atom. The third-order valence-electron chi connectivity index (χ3n) is 4.41. The monoisotopic (exact) mass is 383 g/mol. The van der Waals surface area contributed by atoms with Crippen LogP contribution in [0.25, 0.3) is 0 Å². The summed E-state index contributed by atoms with van der Waals surface area (Å²) in [5.74, 6) is -1.80. The molecule has 0 unspecified atom stereocenters. The minimum absolute atomic E-state index is 0.238. The number of nitrogens with zero attached hydrogens (tertiary/aromatic N) is 1. The Balaban J connectivity index is 1.88. The number of ketones is 1. The van der Waals surface area contributed by atoms with Gasteiger partial charge in [0.2, 0.25) is 0 Å². The number of alkyl halides is 3. The van der Waals surface area contributed by atoms with Crippen molar-refractivity contribution in [2.75, 3.05) is 0 Å². The number of Topliss-reactive ketones (excluding diaryl/α,β-unsaturated/α-hetero) is 1. The van der Waals surface area contributed by atoms with Crippen molar-refractivity contribution in [2.45, 2.75) is 25.8 Å².